The molecule has 0 aromatic rings. The van der Waals surface area contributed by atoms with Gasteiger partial charge in [0, 0.05) is 38.8 Å². The third kappa shape index (κ3) is 6.36. The van der Waals surface area contributed by atoms with E-state index in [2.05, 4.69) is 49.0 Å². The number of nitrogens with one attached hydrogen (secondary N) is 1. The van der Waals surface area contributed by atoms with Gasteiger partial charge in [0.2, 0.25) is 0 Å². The maximum absolute atomic E-state index is 9.76. The lowest BCUT2D eigenvalue weighted by molar-refractivity contribution is 0.186. The first-order chi connectivity index (χ1) is 11.0. The first-order valence-electron chi connectivity index (χ1n) is 8.70. The number of nitrogens with zero attached hydrogens (tertiary/aromatic N) is 3. The molecule has 1 rings (SSSR count). The Morgan fingerprint density at radius 1 is 1.39 bits per heavy atom. The van der Waals surface area contributed by atoms with Crippen LogP contribution in [0.3, 0.4) is 0 Å². The number of likely N-dealkylation sites (tertiary alicyclic amines) is 1. The summed E-state index contributed by atoms with van der Waals surface area (Å²) in [6.45, 7) is 19.0. The van der Waals surface area contributed by atoms with Crippen molar-refractivity contribution in [1.82, 2.24) is 15.1 Å². The van der Waals surface area contributed by atoms with Gasteiger partial charge in [-0.3, -0.25) is 9.89 Å². The van der Waals surface area contributed by atoms with Crippen LogP contribution >= 0.6 is 0 Å². The molecule has 5 heteroatoms. The molecular weight excluding hydrogens is 288 g/mol. The Morgan fingerprint density at radius 2 is 2.04 bits per heavy atom. The summed E-state index contributed by atoms with van der Waals surface area (Å²) < 4.78 is 0. The summed E-state index contributed by atoms with van der Waals surface area (Å²) in [6.07, 6.45) is 4.45. The van der Waals surface area contributed by atoms with Gasteiger partial charge in [-0.25, -0.2) is 0 Å². The van der Waals surface area contributed by atoms with Gasteiger partial charge in [-0.1, -0.05) is 26.0 Å². The molecule has 0 amide bonds. The van der Waals surface area contributed by atoms with Gasteiger partial charge in [0.15, 0.2) is 5.96 Å². The van der Waals surface area contributed by atoms with Crippen molar-refractivity contribution in [3.8, 4) is 0 Å². The molecule has 1 aliphatic rings. The Morgan fingerprint density at radius 3 is 2.48 bits per heavy atom. The molecule has 0 radical (unpaired) electrons. The summed E-state index contributed by atoms with van der Waals surface area (Å²) in [4.78, 5) is 9.35. The highest BCUT2D eigenvalue weighted by molar-refractivity contribution is 5.80. The van der Waals surface area contributed by atoms with Crippen molar-refractivity contribution < 1.29 is 5.11 Å². The molecule has 1 aliphatic heterocycles. The molecule has 5 nitrogen and oxygen atoms in total. The minimum Gasteiger partial charge on any atom is -0.391 e. The molecule has 1 heterocycles. The molecular formula is C18H34N4O. The van der Waals surface area contributed by atoms with E-state index >= 15 is 0 Å². The molecule has 2 N–H and O–H groups in total. The van der Waals surface area contributed by atoms with Crippen LogP contribution in [0.25, 0.3) is 0 Å². The normalized spacial score (nSPS) is 20.2. The third-order valence-corrected chi connectivity index (χ3v) is 4.19. The van der Waals surface area contributed by atoms with E-state index in [-0.39, 0.29) is 6.10 Å². The molecule has 0 bridgehead atoms. The van der Waals surface area contributed by atoms with Gasteiger partial charge in [-0.2, -0.15) is 0 Å². The standard InChI is InChI=1S/C18H34N4O/c1-6-10-21(11-7-2)17(15(4)5)13-20-18(19-8-3)22-12-9-16(23)14-22/h6-7,15-17,23H,1-2,8-14H2,3-5H3,(H,19,20)/t16-,17?/m1/s1. The van der Waals surface area contributed by atoms with E-state index < -0.39 is 0 Å². The van der Waals surface area contributed by atoms with E-state index in [1.54, 1.807) is 0 Å². The zero-order valence-electron chi connectivity index (χ0n) is 15.0. The highest BCUT2D eigenvalue weighted by Crippen LogP contribution is 2.13. The Balaban J connectivity index is 2.82. The fourth-order valence-electron chi connectivity index (χ4n) is 2.96. The second-order valence-corrected chi connectivity index (χ2v) is 6.43. The van der Waals surface area contributed by atoms with Gasteiger partial charge < -0.3 is 15.3 Å². The number of guanidine groups is 1. The SMILES string of the molecule is C=CCN(CC=C)C(CN=C(NCC)N1CC[C@@H](O)C1)C(C)C. The van der Waals surface area contributed by atoms with Crippen LogP contribution in [0.4, 0.5) is 0 Å². The molecule has 0 aromatic heterocycles. The second-order valence-electron chi connectivity index (χ2n) is 6.43. The molecule has 2 atom stereocenters. The molecule has 0 spiro atoms. The van der Waals surface area contributed by atoms with Crippen molar-refractivity contribution in [1.29, 1.82) is 0 Å². The predicted octanol–water partition coefficient (Wildman–Crippen LogP) is 1.72. The average molecular weight is 322 g/mol. The van der Waals surface area contributed by atoms with E-state index in [4.69, 9.17) is 4.99 Å². The van der Waals surface area contributed by atoms with Crippen molar-refractivity contribution in [2.24, 2.45) is 10.9 Å². The number of hydrogen-bond donors (Lipinski definition) is 2. The van der Waals surface area contributed by atoms with Gasteiger partial charge in [-0.15, -0.1) is 13.2 Å². The highest BCUT2D eigenvalue weighted by atomic mass is 16.3. The van der Waals surface area contributed by atoms with Crippen LogP contribution in [-0.4, -0.2) is 72.3 Å². The van der Waals surface area contributed by atoms with Crippen molar-refractivity contribution >= 4 is 5.96 Å². The predicted molar refractivity (Wildman–Crippen MR) is 98.8 cm³/mol. The third-order valence-electron chi connectivity index (χ3n) is 4.19. The number of hydrogen-bond acceptors (Lipinski definition) is 3. The van der Waals surface area contributed by atoms with E-state index in [0.717, 1.165) is 45.1 Å². The van der Waals surface area contributed by atoms with Gasteiger partial charge in [-0.05, 0) is 19.3 Å². The van der Waals surface area contributed by atoms with Gasteiger partial charge in [0.1, 0.15) is 0 Å². The fraction of sp³-hybridized carbons (Fsp3) is 0.722. The van der Waals surface area contributed by atoms with E-state index in [0.29, 0.717) is 18.5 Å². The second kappa shape index (κ2) is 10.4. The Hall–Kier alpha value is -1.33. The van der Waals surface area contributed by atoms with Crippen LogP contribution < -0.4 is 5.32 Å². The maximum atomic E-state index is 9.76. The summed E-state index contributed by atoms with van der Waals surface area (Å²) in [7, 11) is 0. The van der Waals surface area contributed by atoms with Crippen molar-refractivity contribution in [3.05, 3.63) is 25.3 Å². The van der Waals surface area contributed by atoms with Gasteiger partial charge >= 0.3 is 0 Å². The molecule has 1 fully saturated rings. The molecule has 0 aliphatic carbocycles. The summed E-state index contributed by atoms with van der Waals surface area (Å²) in [6, 6.07) is 0.340. The summed E-state index contributed by atoms with van der Waals surface area (Å²) in [5.41, 5.74) is 0. The quantitative estimate of drug-likeness (QED) is 0.385. The minimum atomic E-state index is -0.238. The highest BCUT2D eigenvalue weighted by Gasteiger charge is 2.24. The van der Waals surface area contributed by atoms with Crippen molar-refractivity contribution in [3.63, 3.8) is 0 Å². The minimum absolute atomic E-state index is 0.238. The molecule has 1 unspecified atom stereocenters. The average Bonchev–Trinajstić information content (AvgIpc) is 2.93. The smallest absolute Gasteiger partial charge is 0.194 e. The molecule has 132 valence electrons. The van der Waals surface area contributed by atoms with Crippen LogP contribution in [0.1, 0.15) is 27.2 Å². The van der Waals surface area contributed by atoms with E-state index in [9.17, 15) is 5.11 Å². The van der Waals surface area contributed by atoms with Gasteiger partial charge in [0.05, 0.1) is 12.6 Å². The largest absolute Gasteiger partial charge is 0.391 e. The topological polar surface area (TPSA) is 51.1 Å². The van der Waals surface area contributed by atoms with E-state index in [1.165, 1.54) is 0 Å². The zero-order chi connectivity index (χ0) is 17.2. The number of aliphatic imine (C=N–C) groups is 1. The summed E-state index contributed by atoms with van der Waals surface area (Å²) >= 11 is 0. The Labute approximate surface area is 141 Å². The molecule has 0 saturated carbocycles. The van der Waals surface area contributed by atoms with Crippen molar-refractivity contribution in [2.75, 3.05) is 39.3 Å². The maximum Gasteiger partial charge on any atom is 0.194 e. The lowest BCUT2D eigenvalue weighted by Crippen LogP contribution is -2.44. The first-order valence-corrected chi connectivity index (χ1v) is 8.70. The lowest BCUT2D eigenvalue weighted by atomic mass is 10.0. The number of rotatable bonds is 9. The molecule has 0 aromatic carbocycles. The molecule has 1 saturated heterocycles. The first kappa shape index (κ1) is 19.7. The lowest BCUT2D eigenvalue weighted by Gasteiger charge is -2.32. The van der Waals surface area contributed by atoms with Crippen molar-refractivity contribution in [2.45, 2.75) is 39.3 Å². The zero-order valence-corrected chi connectivity index (χ0v) is 15.0. The van der Waals surface area contributed by atoms with E-state index in [1.807, 2.05) is 12.2 Å². The Bertz CT molecular complexity index is 384. The number of β-amino-alcohol motifs (C(OH)–C–C–N with tert-alkyl or cyclic N) is 1. The van der Waals surface area contributed by atoms with Gasteiger partial charge in [0.25, 0.3) is 0 Å². The monoisotopic (exact) mass is 322 g/mol. The van der Waals surface area contributed by atoms with Crippen LogP contribution in [0.5, 0.6) is 0 Å². The summed E-state index contributed by atoms with van der Waals surface area (Å²) in [5, 5.41) is 13.1. The molecule has 23 heavy (non-hydrogen) atoms. The van der Waals surface area contributed by atoms with Crippen LogP contribution in [0.2, 0.25) is 0 Å². The summed E-state index contributed by atoms with van der Waals surface area (Å²) in [5.74, 6) is 1.40. The fourth-order valence-corrected chi connectivity index (χ4v) is 2.96. The Kier molecular flexibility index (Phi) is 8.95. The van der Waals surface area contributed by atoms with Crippen LogP contribution in [0.15, 0.2) is 30.3 Å². The number of aliphatic hydroxyl groups is 1. The van der Waals surface area contributed by atoms with Crippen LogP contribution in [0, 0.1) is 5.92 Å². The number of aliphatic hydroxyl groups excluding tert-OH is 1. The van der Waals surface area contributed by atoms with Crippen LogP contribution in [-0.2, 0) is 0 Å².